The van der Waals surface area contributed by atoms with Crippen molar-refractivity contribution in [2.75, 3.05) is 13.2 Å². The Morgan fingerprint density at radius 2 is 1.96 bits per heavy atom. The molecular weight excluding hydrogens is 334 g/mol. The van der Waals surface area contributed by atoms with Crippen LogP contribution in [0.2, 0.25) is 0 Å². The molecule has 0 saturated carbocycles. The van der Waals surface area contributed by atoms with Gasteiger partial charge >= 0.3 is 5.97 Å². The smallest absolute Gasteiger partial charge is 0.305 e. The van der Waals surface area contributed by atoms with Gasteiger partial charge in [-0.1, -0.05) is 37.3 Å². The second kappa shape index (κ2) is 10.3. The summed E-state index contributed by atoms with van der Waals surface area (Å²) in [6.45, 7) is 6.06. The quantitative estimate of drug-likeness (QED) is 0.655. The zero-order valence-corrected chi connectivity index (χ0v) is 15.8. The lowest BCUT2D eigenvalue weighted by Crippen LogP contribution is -2.34. The molecule has 0 spiro atoms. The number of carbonyl (C=O) groups excluding carboxylic acids is 1. The second-order valence-corrected chi connectivity index (χ2v) is 7.63. The molecular formula is C20H27NO3S. The Balaban J connectivity index is 1.94. The second-order valence-electron chi connectivity index (χ2n) is 6.25. The Morgan fingerprint density at radius 1 is 1.20 bits per heavy atom. The number of ether oxygens (including phenoxy) is 1. The Hall–Kier alpha value is -1.69. The van der Waals surface area contributed by atoms with Gasteiger partial charge in [-0.3, -0.25) is 9.69 Å². The molecule has 136 valence electrons. The molecule has 5 heteroatoms. The lowest BCUT2D eigenvalue weighted by atomic mass is 10.2. The summed E-state index contributed by atoms with van der Waals surface area (Å²) in [4.78, 5) is 16.2. The standard InChI is InChI=1S/C20H27NO3S/c1-3-7-20(23)24-15-18(22)13-21(12-17-8-5-4-6-9-17)14-19-11-10-16(2)25-19/h4-6,8-11,18,22H,3,7,12-15H2,1-2H3. The number of hydrogen-bond donors (Lipinski definition) is 1. The van der Waals surface area contributed by atoms with Crippen molar-refractivity contribution in [1.29, 1.82) is 0 Å². The average Bonchev–Trinajstić information content (AvgIpc) is 2.99. The zero-order chi connectivity index (χ0) is 18.1. The maximum Gasteiger partial charge on any atom is 0.305 e. The minimum Gasteiger partial charge on any atom is -0.463 e. The lowest BCUT2D eigenvalue weighted by Gasteiger charge is -2.24. The molecule has 1 aromatic heterocycles. The van der Waals surface area contributed by atoms with Crippen molar-refractivity contribution in [1.82, 2.24) is 4.90 Å². The summed E-state index contributed by atoms with van der Waals surface area (Å²) in [5, 5.41) is 10.3. The van der Waals surface area contributed by atoms with Gasteiger partial charge in [0, 0.05) is 35.8 Å². The van der Waals surface area contributed by atoms with E-state index >= 15 is 0 Å². The molecule has 25 heavy (non-hydrogen) atoms. The summed E-state index contributed by atoms with van der Waals surface area (Å²) in [7, 11) is 0. The van der Waals surface area contributed by atoms with Crippen molar-refractivity contribution >= 4 is 17.3 Å². The molecule has 1 N–H and O–H groups in total. The Labute approximate surface area is 154 Å². The van der Waals surface area contributed by atoms with Crippen molar-refractivity contribution in [3.8, 4) is 0 Å². The van der Waals surface area contributed by atoms with E-state index in [4.69, 9.17) is 4.74 Å². The molecule has 0 fully saturated rings. The number of aryl methyl sites for hydroxylation is 1. The van der Waals surface area contributed by atoms with E-state index < -0.39 is 6.10 Å². The Morgan fingerprint density at radius 3 is 2.60 bits per heavy atom. The zero-order valence-electron chi connectivity index (χ0n) is 15.0. The molecule has 1 heterocycles. The van der Waals surface area contributed by atoms with Gasteiger partial charge in [0.25, 0.3) is 0 Å². The number of hydrogen-bond acceptors (Lipinski definition) is 5. The molecule has 1 unspecified atom stereocenters. The maximum absolute atomic E-state index is 11.5. The number of esters is 1. The fourth-order valence-electron chi connectivity index (χ4n) is 2.63. The first-order chi connectivity index (χ1) is 12.1. The van der Waals surface area contributed by atoms with E-state index in [1.807, 2.05) is 25.1 Å². The molecule has 0 radical (unpaired) electrons. The largest absolute Gasteiger partial charge is 0.463 e. The third-order valence-corrected chi connectivity index (χ3v) is 4.77. The van der Waals surface area contributed by atoms with Gasteiger partial charge < -0.3 is 9.84 Å². The molecule has 1 atom stereocenters. The number of carbonyl (C=O) groups is 1. The maximum atomic E-state index is 11.5. The van der Waals surface area contributed by atoms with Crippen LogP contribution in [0, 0.1) is 6.92 Å². The van der Waals surface area contributed by atoms with E-state index in [1.165, 1.54) is 15.3 Å². The van der Waals surface area contributed by atoms with E-state index in [9.17, 15) is 9.90 Å². The predicted octanol–water partition coefficient (Wildman–Crippen LogP) is 3.76. The van der Waals surface area contributed by atoms with Crippen molar-refractivity contribution < 1.29 is 14.6 Å². The van der Waals surface area contributed by atoms with Gasteiger partial charge in [-0.05, 0) is 31.0 Å². The molecule has 2 aromatic rings. The third-order valence-electron chi connectivity index (χ3n) is 3.78. The highest BCUT2D eigenvalue weighted by molar-refractivity contribution is 7.11. The highest BCUT2D eigenvalue weighted by Crippen LogP contribution is 2.18. The molecule has 1 aromatic carbocycles. The van der Waals surface area contributed by atoms with E-state index in [1.54, 1.807) is 11.3 Å². The molecule has 0 saturated heterocycles. The summed E-state index contributed by atoms with van der Waals surface area (Å²) in [6, 6.07) is 14.5. The minimum atomic E-state index is -0.689. The van der Waals surface area contributed by atoms with Crippen LogP contribution in [0.1, 0.15) is 35.1 Å². The van der Waals surface area contributed by atoms with Gasteiger partial charge in [-0.25, -0.2) is 0 Å². The first kappa shape index (κ1) is 19.6. The van der Waals surface area contributed by atoms with Crippen LogP contribution in [-0.2, 0) is 22.6 Å². The van der Waals surface area contributed by atoms with Crippen LogP contribution in [0.5, 0.6) is 0 Å². The van der Waals surface area contributed by atoms with Gasteiger partial charge in [0.1, 0.15) is 12.7 Å². The highest BCUT2D eigenvalue weighted by Gasteiger charge is 2.15. The first-order valence-corrected chi connectivity index (χ1v) is 9.53. The van der Waals surface area contributed by atoms with Crippen LogP contribution in [-0.4, -0.2) is 35.2 Å². The summed E-state index contributed by atoms with van der Waals surface area (Å²) in [5.74, 6) is -0.245. The summed E-state index contributed by atoms with van der Waals surface area (Å²) in [6.07, 6.45) is 0.465. The van der Waals surface area contributed by atoms with E-state index in [0.29, 0.717) is 13.0 Å². The molecule has 2 rings (SSSR count). The molecule has 0 aliphatic rings. The number of aliphatic hydroxyl groups is 1. The monoisotopic (exact) mass is 361 g/mol. The van der Waals surface area contributed by atoms with Crippen LogP contribution in [0.3, 0.4) is 0 Å². The van der Waals surface area contributed by atoms with Crippen molar-refractivity contribution in [2.24, 2.45) is 0 Å². The van der Waals surface area contributed by atoms with Gasteiger partial charge in [-0.15, -0.1) is 11.3 Å². The van der Waals surface area contributed by atoms with Crippen LogP contribution in [0.4, 0.5) is 0 Å². The SMILES string of the molecule is CCCC(=O)OCC(O)CN(Cc1ccccc1)Cc1ccc(C)s1. The number of thiophene rings is 1. The Kier molecular flexibility index (Phi) is 8.12. The highest BCUT2D eigenvalue weighted by atomic mass is 32.1. The van der Waals surface area contributed by atoms with Crippen LogP contribution in [0.25, 0.3) is 0 Å². The van der Waals surface area contributed by atoms with Crippen LogP contribution in [0.15, 0.2) is 42.5 Å². The van der Waals surface area contributed by atoms with Crippen LogP contribution >= 0.6 is 11.3 Å². The fourth-order valence-corrected chi connectivity index (χ4v) is 3.57. The van der Waals surface area contributed by atoms with Crippen molar-refractivity contribution in [3.63, 3.8) is 0 Å². The molecule has 0 amide bonds. The minimum absolute atomic E-state index is 0.0492. The van der Waals surface area contributed by atoms with Gasteiger partial charge in [0.05, 0.1) is 0 Å². The predicted molar refractivity (Wildman–Crippen MR) is 101 cm³/mol. The number of aliphatic hydroxyl groups excluding tert-OH is 1. The van der Waals surface area contributed by atoms with Gasteiger partial charge in [0.2, 0.25) is 0 Å². The normalized spacial score (nSPS) is 12.3. The molecule has 0 aliphatic heterocycles. The average molecular weight is 362 g/mol. The Bertz CT molecular complexity index is 641. The number of nitrogens with zero attached hydrogens (tertiary/aromatic N) is 1. The number of benzene rings is 1. The van der Waals surface area contributed by atoms with E-state index in [2.05, 4.69) is 36.1 Å². The fraction of sp³-hybridized carbons (Fsp3) is 0.450. The van der Waals surface area contributed by atoms with Crippen LogP contribution < -0.4 is 0 Å². The molecule has 4 nitrogen and oxygen atoms in total. The summed E-state index contributed by atoms with van der Waals surface area (Å²) in [5.41, 5.74) is 1.20. The first-order valence-electron chi connectivity index (χ1n) is 8.72. The molecule has 0 bridgehead atoms. The molecule has 0 aliphatic carbocycles. The summed E-state index contributed by atoms with van der Waals surface area (Å²) >= 11 is 1.77. The third kappa shape index (κ3) is 7.38. The summed E-state index contributed by atoms with van der Waals surface area (Å²) < 4.78 is 5.14. The van der Waals surface area contributed by atoms with E-state index in [-0.39, 0.29) is 12.6 Å². The van der Waals surface area contributed by atoms with Gasteiger partial charge in [0.15, 0.2) is 0 Å². The van der Waals surface area contributed by atoms with Gasteiger partial charge in [-0.2, -0.15) is 0 Å². The number of rotatable bonds is 10. The lowest BCUT2D eigenvalue weighted by molar-refractivity contribution is -0.147. The topological polar surface area (TPSA) is 49.8 Å². The van der Waals surface area contributed by atoms with E-state index in [0.717, 1.165) is 19.5 Å². The van der Waals surface area contributed by atoms with Crippen molar-refractivity contribution in [3.05, 3.63) is 57.8 Å². The van der Waals surface area contributed by atoms with Crippen molar-refractivity contribution in [2.45, 2.75) is 45.9 Å².